The summed E-state index contributed by atoms with van der Waals surface area (Å²) >= 11 is 0. The number of aromatic amines is 1. The number of aromatic nitrogens is 2. The number of nitrogens with two attached hydrogens (primary N) is 1. The van der Waals surface area contributed by atoms with Gasteiger partial charge in [0.05, 0.1) is 11.9 Å². The molecule has 1 heterocycles. The molecule has 1 aromatic heterocycles. The summed E-state index contributed by atoms with van der Waals surface area (Å²) in [5, 5.41) is 9.75. The van der Waals surface area contributed by atoms with E-state index in [1.807, 2.05) is 0 Å². The average Bonchev–Trinajstić information content (AvgIpc) is 2.59. The maximum absolute atomic E-state index is 5.63. The van der Waals surface area contributed by atoms with E-state index in [1.165, 1.54) is 0 Å². The molecule has 0 amide bonds. The molecule has 0 aliphatic rings. The molecule has 0 saturated carbocycles. The summed E-state index contributed by atoms with van der Waals surface area (Å²) in [6.45, 7) is 8.41. The molecule has 0 aliphatic carbocycles. The molecule has 14 heavy (non-hydrogen) atoms. The van der Waals surface area contributed by atoms with Crippen LogP contribution >= 0.6 is 0 Å². The molecule has 0 atom stereocenters. The van der Waals surface area contributed by atoms with Crippen molar-refractivity contribution < 1.29 is 0 Å². The van der Waals surface area contributed by atoms with Crippen LogP contribution in [0.4, 0.5) is 11.5 Å². The van der Waals surface area contributed by atoms with Gasteiger partial charge in [0.25, 0.3) is 0 Å². The lowest BCUT2D eigenvalue weighted by molar-refractivity contribution is 0.316. The summed E-state index contributed by atoms with van der Waals surface area (Å²) in [6, 6.07) is 0. The van der Waals surface area contributed by atoms with E-state index >= 15 is 0 Å². The summed E-state index contributed by atoms with van der Waals surface area (Å²) in [5.74, 6) is 0.601. The van der Waals surface area contributed by atoms with Gasteiger partial charge in [-0.3, -0.25) is 5.10 Å². The van der Waals surface area contributed by atoms with Crippen molar-refractivity contribution in [3.05, 3.63) is 6.20 Å². The SMILES string of the molecule is CCN(CC)CCNc1cn[nH]c1N. The van der Waals surface area contributed by atoms with E-state index in [4.69, 9.17) is 5.73 Å². The van der Waals surface area contributed by atoms with Gasteiger partial charge in [0, 0.05) is 13.1 Å². The van der Waals surface area contributed by atoms with Crippen molar-refractivity contribution in [2.45, 2.75) is 13.8 Å². The Morgan fingerprint density at radius 2 is 2.21 bits per heavy atom. The molecule has 4 N–H and O–H groups in total. The van der Waals surface area contributed by atoms with Crippen LogP contribution in [0.2, 0.25) is 0 Å². The van der Waals surface area contributed by atoms with Crippen molar-refractivity contribution in [1.82, 2.24) is 15.1 Å². The minimum absolute atomic E-state index is 0.601. The second-order valence-electron chi connectivity index (χ2n) is 3.15. The van der Waals surface area contributed by atoms with E-state index in [-0.39, 0.29) is 0 Å². The first-order chi connectivity index (χ1) is 6.77. The summed E-state index contributed by atoms with van der Waals surface area (Å²) in [7, 11) is 0. The number of nitrogens with zero attached hydrogens (tertiary/aromatic N) is 2. The summed E-state index contributed by atoms with van der Waals surface area (Å²) < 4.78 is 0. The van der Waals surface area contributed by atoms with Gasteiger partial charge in [-0.2, -0.15) is 5.10 Å². The fourth-order valence-corrected chi connectivity index (χ4v) is 1.33. The van der Waals surface area contributed by atoms with Crippen molar-refractivity contribution in [2.75, 3.05) is 37.2 Å². The lowest BCUT2D eigenvalue weighted by Crippen LogP contribution is -2.28. The molecule has 0 bridgehead atoms. The van der Waals surface area contributed by atoms with Crippen molar-refractivity contribution in [1.29, 1.82) is 0 Å². The topological polar surface area (TPSA) is 70.0 Å². The number of rotatable bonds is 6. The number of hydrogen-bond acceptors (Lipinski definition) is 4. The fourth-order valence-electron chi connectivity index (χ4n) is 1.33. The Morgan fingerprint density at radius 3 is 2.71 bits per heavy atom. The zero-order chi connectivity index (χ0) is 10.4. The van der Waals surface area contributed by atoms with Crippen molar-refractivity contribution in [2.24, 2.45) is 0 Å². The Labute approximate surface area is 84.7 Å². The van der Waals surface area contributed by atoms with Crippen molar-refractivity contribution in [3.8, 4) is 0 Å². The first-order valence-corrected chi connectivity index (χ1v) is 5.03. The molecule has 0 aliphatic heterocycles. The minimum Gasteiger partial charge on any atom is -0.382 e. The van der Waals surface area contributed by atoms with Crippen LogP contribution in [0, 0.1) is 0 Å². The highest BCUT2D eigenvalue weighted by atomic mass is 15.2. The molecule has 80 valence electrons. The zero-order valence-electron chi connectivity index (χ0n) is 8.88. The van der Waals surface area contributed by atoms with Crippen LogP contribution in [0.3, 0.4) is 0 Å². The van der Waals surface area contributed by atoms with Gasteiger partial charge >= 0.3 is 0 Å². The van der Waals surface area contributed by atoms with Gasteiger partial charge in [0.15, 0.2) is 0 Å². The van der Waals surface area contributed by atoms with E-state index in [1.54, 1.807) is 6.20 Å². The summed E-state index contributed by atoms with van der Waals surface area (Å²) in [4.78, 5) is 2.35. The molecule has 0 aromatic carbocycles. The number of nitrogens with one attached hydrogen (secondary N) is 2. The second kappa shape index (κ2) is 5.49. The highest BCUT2D eigenvalue weighted by Gasteiger charge is 2.01. The molecule has 0 saturated heterocycles. The van der Waals surface area contributed by atoms with Gasteiger partial charge in [0.1, 0.15) is 5.82 Å². The molecule has 0 fully saturated rings. The third kappa shape index (κ3) is 2.92. The third-order valence-electron chi connectivity index (χ3n) is 2.31. The van der Waals surface area contributed by atoms with Crippen LogP contribution in [-0.2, 0) is 0 Å². The number of H-pyrrole nitrogens is 1. The molecule has 5 nitrogen and oxygen atoms in total. The van der Waals surface area contributed by atoms with E-state index in [9.17, 15) is 0 Å². The lowest BCUT2D eigenvalue weighted by atomic mass is 10.4. The molecule has 1 rings (SSSR count). The van der Waals surface area contributed by atoms with Crippen LogP contribution in [0.5, 0.6) is 0 Å². The number of anilines is 2. The minimum atomic E-state index is 0.601. The largest absolute Gasteiger partial charge is 0.382 e. The van der Waals surface area contributed by atoms with Gasteiger partial charge in [-0.1, -0.05) is 13.8 Å². The Balaban J connectivity index is 2.24. The smallest absolute Gasteiger partial charge is 0.142 e. The Hall–Kier alpha value is -1.23. The maximum Gasteiger partial charge on any atom is 0.142 e. The molecule has 5 heteroatoms. The Morgan fingerprint density at radius 1 is 1.50 bits per heavy atom. The average molecular weight is 197 g/mol. The highest BCUT2D eigenvalue weighted by molar-refractivity contribution is 5.59. The molecule has 0 spiro atoms. The standard InChI is InChI=1S/C9H19N5/c1-3-14(4-2)6-5-11-8-7-12-13-9(8)10/h7,11H,3-6H2,1-2H3,(H3,10,12,13). The van der Waals surface area contributed by atoms with Gasteiger partial charge < -0.3 is 16.0 Å². The van der Waals surface area contributed by atoms with Gasteiger partial charge in [-0.25, -0.2) is 0 Å². The van der Waals surface area contributed by atoms with Gasteiger partial charge in [0.2, 0.25) is 0 Å². The monoisotopic (exact) mass is 197 g/mol. The molecule has 0 radical (unpaired) electrons. The van der Waals surface area contributed by atoms with E-state index in [0.717, 1.165) is 31.9 Å². The highest BCUT2D eigenvalue weighted by Crippen LogP contribution is 2.11. The number of likely N-dealkylation sites (N-methyl/N-ethyl adjacent to an activating group) is 1. The normalized spacial score (nSPS) is 10.8. The fraction of sp³-hybridized carbons (Fsp3) is 0.667. The predicted octanol–water partition coefficient (Wildman–Crippen LogP) is 0.746. The zero-order valence-corrected chi connectivity index (χ0v) is 8.88. The van der Waals surface area contributed by atoms with Gasteiger partial charge in [-0.05, 0) is 13.1 Å². The van der Waals surface area contributed by atoms with Crippen molar-refractivity contribution >= 4 is 11.5 Å². The van der Waals surface area contributed by atoms with Crippen molar-refractivity contribution in [3.63, 3.8) is 0 Å². The van der Waals surface area contributed by atoms with E-state index in [2.05, 4.69) is 34.3 Å². The van der Waals surface area contributed by atoms with E-state index in [0.29, 0.717) is 5.82 Å². The molecular formula is C9H19N5. The second-order valence-corrected chi connectivity index (χ2v) is 3.15. The Bertz CT molecular complexity index is 253. The van der Waals surface area contributed by atoms with Crippen LogP contribution in [-0.4, -0.2) is 41.3 Å². The van der Waals surface area contributed by atoms with Crippen LogP contribution < -0.4 is 11.1 Å². The van der Waals surface area contributed by atoms with Crippen LogP contribution in [0.25, 0.3) is 0 Å². The van der Waals surface area contributed by atoms with Crippen LogP contribution in [0.15, 0.2) is 6.20 Å². The first-order valence-electron chi connectivity index (χ1n) is 5.03. The summed E-state index contributed by atoms with van der Waals surface area (Å²) in [5.41, 5.74) is 6.51. The van der Waals surface area contributed by atoms with Crippen LogP contribution in [0.1, 0.15) is 13.8 Å². The Kier molecular flexibility index (Phi) is 4.25. The maximum atomic E-state index is 5.63. The predicted molar refractivity (Wildman–Crippen MR) is 59.3 cm³/mol. The molecular weight excluding hydrogens is 178 g/mol. The quantitative estimate of drug-likeness (QED) is 0.629. The molecule has 1 aromatic rings. The summed E-state index contributed by atoms with van der Waals surface area (Å²) in [6.07, 6.45) is 1.71. The number of hydrogen-bond donors (Lipinski definition) is 3. The molecule has 0 unspecified atom stereocenters. The van der Waals surface area contributed by atoms with E-state index < -0.39 is 0 Å². The third-order valence-corrected chi connectivity index (χ3v) is 2.31. The lowest BCUT2D eigenvalue weighted by Gasteiger charge is -2.18. The number of nitrogen functional groups attached to an aromatic ring is 1. The first kappa shape index (κ1) is 10.8. The van der Waals surface area contributed by atoms with Gasteiger partial charge in [-0.15, -0.1) is 0 Å².